The van der Waals surface area contributed by atoms with Crippen molar-refractivity contribution in [1.82, 2.24) is 10.2 Å². The van der Waals surface area contributed by atoms with Crippen molar-refractivity contribution in [2.45, 2.75) is 37.8 Å². The average molecular weight is 282 g/mol. The number of carbonyl (C=O) groups excluding carboxylic acids is 2. The lowest BCUT2D eigenvalue weighted by Gasteiger charge is -2.43. The van der Waals surface area contributed by atoms with E-state index in [0.717, 1.165) is 31.2 Å². The Morgan fingerprint density at radius 1 is 1.19 bits per heavy atom. The second-order valence-electron chi connectivity index (χ2n) is 5.57. The van der Waals surface area contributed by atoms with Crippen molar-refractivity contribution in [3.8, 4) is 11.8 Å². The summed E-state index contributed by atoms with van der Waals surface area (Å²) in [6.45, 7) is 0.128. The summed E-state index contributed by atoms with van der Waals surface area (Å²) < 4.78 is 0. The van der Waals surface area contributed by atoms with E-state index in [9.17, 15) is 9.59 Å². The van der Waals surface area contributed by atoms with Crippen molar-refractivity contribution < 1.29 is 9.59 Å². The first kappa shape index (κ1) is 13.7. The van der Waals surface area contributed by atoms with Gasteiger partial charge in [-0.25, -0.2) is 0 Å². The van der Waals surface area contributed by atoms with Gasteiger partial charge in [-0.1, -0.05) is 37.0 Å². The SMILES string of the molecule is O=C1CN(C(=O)C#Cc2ccccc2)[C@@H]2CCCC[C@H]2N1. The van der Waals surface area contributed by atoms with Crippen LogP contribution < -0.4 is 5.32 Å². The zero-order chi connectivity index (χ0) is 14.7. The lowest BCUT2D eigenvalue weighted by molar-refractivity contribution is -0.140. The first-order valence-electron chi connectivity index (χ1n) is 7.41. The Labute approximate surface area is 124 Å². The Morgan fingerprint density at radius 3 is 2.76 bits per heavy atom. The summed E-state index contributed by atoms with van der Waals surface area (Å²) in [6, 6.07) is 9.63. The van der Waals surface area contributed by atoms with Crippen molar-refractivity contribution in [1.29, 1.82) is 0 Å². The minimum Gasteiger partial charge on any atom is -0.350 e. The third kappa shape index (κ3) is 3.08. The van der Waals surface area contributed by atoms with Gasteiger partial charge in [0.2, 0.25) is 5.91 Å². The van der Waals surface area contributed by atoms with Gasteiger partial charge in [0.15, 0.2) is 0 Å². The number of hydrogen-bond acceptors (Lipinski definition) is 2. The van der Waals surface area contributed by atoms with Crippen LogP contribution in [0.1, 0.15) is 31.2 Å². The molecule has 1 aliphatic carbocycles. The number of fused-ring (bicyclic) bond motifs is 1. The minimum absolute atomic E-state index is 0.0759. The van der Waals surface area contributed by atoms with Crippen LogP contribution >= 0.6 is 0 Å². The van der Waals surface area contributed by atoms with Gasteiger partial charge >= 0.3 is 0 Å². The van der Waals surface area contributed by atoms with Crippen molar-refractivity contribution in [2.24, 2.45) is 0 Å². The van der Waals surface area contributed by atoms with Crippen molar-refractivity contribution in [3.63, 3.8) is 0 Å². The van der Waals surface area contributed by atoms with Crippen LogP contribution in [-0.2, 0) is 9.59 Å². The molecule has 4 heteroatoms. The van der Waals surface area contributed by atoms with E-state index >= 15 is 0 Å². The number of nitrogens with zero attached hydrogens (tertiary/aromatic N) is 1. The molecule has 1 aromatic rings. The van der Waals surface area contributed by atoms with E-state index < -0.39 is 0 Å². The monoisotopic (exact) mass is 282 g/mol. The zero-order valence-corrected chi connectivity index (χ0v) is 11.8. The molecular weight excluding hydrogens is 264 g/mol. The molecule has 0 aromatic heterocycles. The van der Waals surface area contributed by atoms with Gasteiger partial charge in [-0.3, -0.25) is 9.59 Å². The standard InChI is InChI=1S/C17H18N2O2/c20-16-12-19(15-9-5-4-8-14(15)18-16)17(21)11-10-13-6-2-1-3-7-13/h1-3,6-7,14-15H,4-5,8-9,12H2,(H,18,20)/t14-,15-/m1/s1. The highest BCUT2D eigenvalue weighted by Crippen LogP contribution is 2.25. The van der Waals surface area contributed by atoms with Gasteiger partial charge in [0.05, 0.1) is 6.04 Å². The van der Waals surface area contributed by atoms with E-state index in [1.54, 1.807) is 4.90 Å². The molecule has 0 unspecified atom stereocenters. The molecule has 21 heavy (non-hydrogen) atoms. The van der Waals surface area contributed by atoms with E-state index in [1.807, 2.05) is 30.3 Å². The van der Waals surface area contributed by atoms with Gasteiger partial charge < -0.3 is 10.2 Å². The molecule has 2 fully saturated rings. The molecular formula is C17H18N2O2. The molecule has 2 atom stereocenters. The first-order valence-corrected chi connectivity index (χ1v) is 7.41. The third-order valence-corrected chi connectivity index (χ3v) is 4.14. The number of piperazine rings is 1. The minimum atomic E-state index is -0.245. The molecule has 0 bridgehead atoms. The Bertz CT molecular complexity index is 600. The molecule has 0 radical (unpaired) electrons. The van der Waals surface area contributed by atoms with E-state index in [0.29, 0.717) is 0 Å². The molecule has 1 saturated heterocycles. The fraction of sp³-hybridized carbons (Fsp3) is 0.412. The van der Waals surface area contributed by atoms with Crippen LogP contribution in [0.15, 0.2) is 30.3 Å². The van der Waals surface area contributed by atoms with Crippen LogP contribution in [0.3, 0.4) is 0 Å². The Balaban J connectivity index is 1.76. The molecule has 1 saturated carbocycles. The smallest absolute Gasteiger partial charge is 0.299 e. The Hall–Kier alpha value is -2.28. The summed E-state index contributed by atoms with van der Waals surface area (Å²) in [5.74, 6) is 5.24. The number of benzene rings is 1. The molecule has 1 aliphatic heterocycles. The van der Waals surface area contributed by atoms with E-state index in [-0.39, 0.29) is 30.4 Å². The third-order valence-electron chi connectivity index (χ3n) is 4.14. The van der Waals surface area contributed by atoms with Crippen LogP contribution in [0.4, 0.5) is 0 Å². The molecule has 1 aromatic carbocycles. The number of carbonyl (C=O) groups is 2. The topological polar surface area (TPSA) is 49.4 Å². The van der Waals surface area contributed by atoms with Crippen molar-refractivity contribution in [2.75, 3.05) is 6.54 Å². The van der Waals surface area contributed by atoms with E-state index in [4.69, 9.17) is 0 Å². The summed E-state index contributed by atoms with van der Waals surface area (Å²) in [5, 5.41) is 3.00. The lowest BCUT2D eigenvalue weighted by atomic mass is 9.87. The number of rotatable bonds is 0. The molecule has 108 valence electrons. The van der Waals surface area contributed by atoms with Gasteiger partial charge in [-0.2, -0.15) is 0 Å². The van der Waals surface area contributed by atoms with Crippen molar-refractivity contribution >= 4 is 11.8 Å². The predicted molar refractivity (Wildman–Crippen MR) is 79.2 cm³/mol. The molecule has 0 spiro atoms. The second-order valence-corrected chi connectivity index (χ2v) is 5.57. The van der Waals surface area contributed by atoms with Gasteiger partial charge in [0.1, 0.15) is 6.54 Å². The van der Waals surface area contributed by atoms with Gasteiger partial charge in [-0.15, -0.1) is 0 Å². The number of nitrogens with one attached hydrogen (secondary N) is 1. The van der Waals surface area contributed by atoms with Gasteiger partial charge in [0.25, 0.3) is 5.91 Å². The maximum absolute atomic E-state index is 12.3. The average Bonchev–Trinajstić information content (AvgIpc) is 2.52. The second kappa shape index (κ2) is 6.01. The highest BCUT2D eigenvalue weighted by atomic mass is 16.2. The van der Waals surface area contributed by atoms with Crippen LogP contribution in [0, 0.1) is 11.8 Å². The zero-order valence-electron chi connectivity index (χ0n) is 11.8. The van der Waals surface area contributed by atoms with Crippen LogP contribution in [0.25, 0.3) is 0 Å². The molecule has 1 heterocycles. The highest BCUT2D eigenvalue weighted by Gasteiger charge is 2.38. The summed E-state index contributed by atoms with van der Waals surface area (Å²) in [6.07, 6.45) is 4.11. The first-order chi connectivity index (χ1) is 10.2. The maximum atomic E-state index is 12.3. The number of hydrogen-bond donors (Lipinski definition) is 1. The highest BCUT2D eigenvalue weighted by molar-refractivity contribution is 5.97. The fourth-order valence-electron chi connectivity index (χ4n) is 3.12. The summed E-state index contributed by atoms with van der Waals surface area (Å²) in [4.78, 5) is 25.7. The summed E-state index contributed by atoms with van der Waals surface area (Å²) in [7, 11) is 0. The van der Waals surface area contributed by atoms with Crippen molar-refractivity contribution in [3.05, 3.63) is 35.9 Å². The lowest BCUT2D eigenvalue weighted by Crippen LogP contribution is -2.62. The normalized spacial score (nSPS) is 24.4. The summed E-state index contributed by atoms with van der Waals surface area (Å²) >= 11 is 0. The molecule has 3 rings (SSSR count). The number of amides is 2. The molecule has 1 N–H and O–H groups in total. The van der Waals surface area contributed by atoms with Crippen LogP contribution in [0.2, 0.25) is 0 Å². The summed E-state index contributed by atoms with van der Waals surface area (Å²) in [5.41, 5.74) is 0.813. The fourth-order valence-corrected chi connectivity index (χ4v) is 3.12. The molecule has 2 aliphatic rings. The quantitative estimate of drug-likeness (QED) is 0.729. The van der Waals surface area contributed by atoms with Gasteiger partial charge in [0, 0.05) is 17.5 Å². The van der Waals surface area contributed by atoms with Gasteiger partial charge in [-0.05, 0) is 25.0 Å². The van der Waals surface area contributed by atoms with Crippen LogP contribution in [0.5, 0.6) is 0 Å². The maximum Gasteiger partial charge on any atom is 0.299 e. The largest absolute Gasteiger partial charge is 0.350 e. The molecule has 4 nitrogen and oxygen atoms in total. The van der Waals surface area contributed by atoms with Crippen LogP contribution in [-0.4, -0.2) is 35.3 Å². The van der Waals surface area contributed by atoms with E-state index in [2.05, 4.69) is 17.2 Å². The Kier molecular flexibility index (Phi) is 3.92. The Morgan fingerprint density at radius 2 is 1.95 bits per heavy atom. The molecule has 2 amide bonds. The van der Waals surface area contributed by atoms with E-state index in [1.165, 1.54) is 0 Å². The predicted octanol–water partition coefficient (Wildman–Crippen LogP) is 1.31.